The van der Waals surface area contributed by atoms with Gasteiger partial charge < -0.3 is 18.3 Å². The van der Waals surface area contributed by atoms with Crippen LogP contribution in [0.25, 0.3) is 93.6 Å². The summed E-state index contributed by atoms with van der Waals surface area (Å²) in [6.07, 6.45) is 0. The minimum absolute atomic E-state index is 0.853. The molecule has 0 aliphatic heterocycles. The van der Waals surface area contributed by atoms with Crippen LogP contribution < -0.4 is 4.90 Å². The van der Waals surface area contributed by atoms with Crippen molar-refractivity contribution in [3.05, 3.63) is 206 Å². The molecule has 4 heteroatoms. The average molecular weight is 743 g/mol. The van der Waals surface area contributed by atoms with Gasteiger partial charge in [0.2, 0.25) is 0 Å². The minimum atomic E-state index is 0.853. The molecule has 0 atom stereocenters. The summed E-state index contributed by atoms with van der Waals surface area (Å²) in [6.45, 7) is 0. The summed E-state index contributed by atoms with van der Waals surface area (Å²) in [5, 5.41) is 6.91. The Balaban J connectivity index is 0.978. The zero-order valence-corrected chi connectivity index (χ0v) is 31.3. The molecule has 3 heterocycles. The highest BCUT2D eigenvalue weighted by Gasteiger charge is 2.21. The molecular formula is C54H34N2O2. The summed E-state index contributed by atoms with van der Waals surface area (Å²) in [6, 6.07) is 73.1. The molecule has 0 bridgehead atoms. The largest absolute Gasteiger partial charge is 0.455 e. The number of benzene rings is 9. The van der Waals surface area contributed by atoms with Crippen LogP contribution in [0.3, 0.4) is 0 Å². The van der Waals surface area contributed by atoms with Crippen molar-refractivity contribution in [2.24, 2.45) is 0 Å². The molecule has 58 heavy (non-hydrogen) atoms. The zero-order valence-electron chi connectivity index (χ0n) is 31.3. The number of fused-ring (bicyclic) bond motifs is 9. The van der Waals surface area contributed by atoms with Gasteiger partial charge in [0.15, 0.2) is 5.58 Å². The molecule has 0 aliphatic carbocycles. The lowest BCUT2D eigenvalue weighted by Crippen LogP contribution is -2.10. The molecule has 0 spiro atoms. The fourth-order valence-corrected chi connectivity index (χ4v) is 8.91. The van der Waals surface area contributed by atoms with E-state index in [1.807, 2.05) is 18.2 Å². The molecule has 0 aliphatic rings. The predicted octanol–water partition coefficient (Wildman–Crippen LogP) is 15.4. The molecule has 0 amide bonds. The Labute approximate surface area is 334 Å². The van der Waals surface area contributed by atoms with Gasteiger partial charge in [-0.25, -0.2) is 0 Å². The van der Waals surface area contributed by atoms with Gasteiger partial charge in [-0.3, -0.25) is 0 Å². The first-order valence-corrected chi connectivity index (χ1v) is 19.7. The van der Waals surface area contributed by atoms with E-state index in [-0.39, 0.29) is 0 Å². The van der Waals surface area contributed by atoms with E-state index in [1.54, 1.807) is 0 Å². The van der Waals surface area contributed by atoms with E-state index in [9.17, 15) is 0 Å². The third-order valence-electron chi connectivity index (χ3n) is 11.6. The van der Waals surface area contributed by atoms with Crippen LogP contribution >= 0.6 is 0 Å². The van der Waals surface area contributed by atoms with Gasteiger partial charge in [-0.2, -0.15) is 0 Å². The molecule has 0 saturated carbocycles. The average Bonchev–Trinajstić information content (AvgIpc) is 3.97. The summed E-state index contributed by atoms with van der Waals surface area (Å²) in [7, 11) is 0. The third kappa shape index (κ3) is 5.02. The Morgan fingerprint density at radius 1 is 0.345 bits per heavy atom. The zero-order chi connectivity index (χ0) is 38.2. The van der Waals surface area contributed by atoms with Gasteiger partial charge >= 0.3 is 0 Å². The lowest BCUT2D eigenvalue weighted by molar-refractivity contribution is 0.669. The lowest BCUT2D eigenvalue weighted by atomic mass is 10.00. The van der Waals surface area contributed by atoms with Crippen LogP contribution in [0.5, 0.6) is 0 Å². The maximum absolute atomic E-state index is 6.63. The van der Waals surface area contributed by atoms with Crippen LogP contribution in [0.2, 0.25) is 0 Å². The van der Waals surface area contributed by atoms with Crippen molar-refractivity contribution in [2.45, 2.75) is 0 Å². The van der Waals surface area contributed by atoms with Gasteiger partial charge in [0.05, 0.1) is 16.7 Å². The second-order valence-electron chi connectivity index (χ2n) is 14.9. The maximum atomic E-state index is 6.63. The Hall–Kier alpha value is -7.82. The van der Waals surface area contributed by atoms with Gasteiger partial charge in [0.25, 0.3) is 0 Å². The van der Waals surface area contributed by atoms with E-state index in [1.165, 1.54) is 21.8 Å². The van der Waals surface area contributed by atoms with Gasteiger partial charge in [-0.05, 0) is 89.5 Å². The molecule has 12 rings (SSSR count). The molecule has 3 aromatic heterocycles. The number of para-hydroxylation sites is 5. The molecule has 0 saturated heterocycles. The minimum Gasteiger partial charge on any atom is -0.455 e. The fourth-order valence-electron chi connectivity index (χ4n) is 8.91. The Bertz CT molecular complexity index is 3450. The van der Waals surface area contributed by atoms with Crippen molar-refractivity contribution >= 4 is 82.7 Å². The van der Waals surface area contributed by atoms with Crippen LogP contribution in [0.15, 0.2) is 215 Å². The topological polar surface area (TPSA) is 34.5 Å². The molecule has 4 nitrogen and oxygen atoms in total. The number of aromatic nitrogens is 1. The Kier molecular flexibility index (Phi) is 7.20. The summed E-state index contributed by atoms with van der Waals surface area (Å²) >= 11 is 0. The van der Waals surface area contributed by atoms with Crippen LogP contribution in [0.1, 0.15) is 0 Å². The Morgan fingerprint density at radius 3 is 1.64 bits per heavy atom. The highest BCUT2D eigenvalue weighted by atomic mass is 16.3. The highest BCUT2D eigenvalue weighted by Crippen LogP contribution is 2.44. The standard InChI is InChI=1S/C54H34N2O2/c1-2-12-36(13-3-1)41-17-10-18-46-47-34-37(26-33-52(47)57-53(41)46)35-24-27-38(28-25-35)55(50-22-11-19-45-44-16-6-9-23-51(44)58-54(45)50)39-29-31-40(32-30-39)56-48-20-7-4-14-42(48)43-15-5-8-21-49(43)56/h1-34H. The fraction of sp³-hybridized carbons (Fsp3) is 0. The molecular weight excluding hydrogens is 709 g/mol. The van der Waals surface area contributed by atoms with Crippen molar-refractivity contribution in [2.75, 3.05) is 4.90 Å². The van der Waals surface area contributed by atoms with Crippen molar-refractivity contribution in [1.29, 1.82) is 0 Å². The third-order valence-corrected chi connectivity index (χ3v) is 11.6. The summed E-state index contributed by atoms with van der Waals surface area (Å²) < 4.78 is 15.5. The van der Waals surface area contributed by atoms with Gasteiger partial charge in [0, 0.05) is 54.9 Å². The molecule has 12 aromatic rings. The van der Waals surface area contributed by atoms with E-state index in [2.05, 4.69) is 198 Å². The van der Waals surface area contributed by atoms with E-state index >= 15 is 0 Å². The maximum Gasteiger partial charge on any atom is 0.159 e. The van der Waals surface area contributed by atoms with Crippen LogP contribution in [0, 0.1) is 0 Å². The highest BCUT2D eigenvalue weighted by molar-refractivity contribution is 6.12. The van der Waals surface area contributed by atoms with Gasteiger partial charge in [0.1, 0.15) is 16.7 Å². The normalized spacial score (nSPS) is 11.8. The molecule has 0 fully saturated rings. The van der Waals surface area contributed by atoms with Crippen molar-refractivity contribution in [3.63, 3.8) is 0 Å². The first kappa shape index (κ1) is 32.4. The number of anilines is 3. The monoisotopic (exact) mass is 742 g/mol. The summed E-state index contributed by atoms with van der Waals surface area (Å²) in [4.78, 5) is 2.31. The van der Waals surface area contributed by atoms with E-state index < -0.39 is 0 Å². The summed E-state index contributed by atoms with van der Waals surface area (Å²) in [5.74, 6) is 0. The smallest absolute Gasteiger partial charge is 0.159 e. The van der Waals surface area contributed by atoms with Gasteiger partial charge in [-0.1, -0.05) is 133 Å². The van der Waals surface area contributed by atoms with E-state index in [4.69, 9.17) is 8.83 Å². The number of hydrogen-bond acceptors (Lipinski definition) is 3. The SMILES string of the molecule is c1ccc(-c2cccc3c2oc2ccc(-c4ccc(N(c5ccc(-n6c7ccccc7c7ccccc76)cc5)c5cccc6c5oc5ccccc56)cc4)cc23)cc1. The Morgan fingerprint density at radius 2 is 0.897 bits per heavy atom. The second kappa shape index (κ2) is 12.9. The van der Waals surface area contributed by atoms with E-state index in [0.29, 0.717) is 0 Å². The molecule has 0 unspecified atom stereocenters. The number of hydrogen-bond donors (Lipinski definition) is 0. The number of rotatable bonds is 6. The quantitative estimate of drug-likeness (QED) is 0.170. The van der Waals surface area contributed by atoms with Crippen LogP contribution in [0.4, 0.5) is 17.1 Å². The van der Waals surface area contributed by atoms with Gasteiger partial charge in [-0.15, -0.1) is 0 Å². The van der Waals surface area contributed by atoms with Crippen molar-refractivity contribution in [3.8, 4) is 27.9 Å². The first-order chi connectivity index (χ1) is 28.8. The van der Waals surface area contributed by atoms with Crippen molar-refractivity contribution < 1.29 is 8.83 Å². The molecule has 9 aromatic carbocycles. The second-order valence-corrected chi connectivity index (χ2v) is 14.9. The lowest BCUT2D eigenvalue weighted by Gasteiger charge is -2.26. The predicted molar refractivity (Wildman–Crippen MR) is 241 cm³/mol. The van der Waals surface area contributed by atoms with Crippen LogP contribution in [-0.4, -0.2) is 4.57 Å². The van der Waals surface area contributed by atoms with Crippen LogP contribution in [-0.2, 0) is 0 Å². The first-order valence-electron chi connectivity index (χ1n) is 19.7. The van der Waals surface area contributed by atoms with E-state index in [0.717, 1.165) is 88.9 Å². The summed E-state index contributed by atoms with van der Waals surface area (Å²) in [5.41, 5.74) is 14.6. The van der Waals surface area contributed by atoms with Crippen molar-refractivity contribution in [1.82, 2.24) is 4.57 Å². The molecule has 0 N–H and O–H groups in total. The number of nitrogens with zero attached hydrogens (tertiary/aromatic N) is 2. The number of furan rings is 2. The molecule has 0 radical (unpaired) electrons. The molecule has 272 valence electrons.